The molecule has 2 rings (SSSR count). The molecule has 0 bridgehead atoms. The summed E-state index contributed by atoms with van der Waals surface area (Å²) in [4.78, 5) is 6.38. The largest absolute Gasteiger partial charge is 0.306 e. The SMILES string of the molecule is CCNC1(c2nc(CC)c(C)s2)CCCCCCC1. The third-order valence-electron chi connectivity index (χ3n) is 4.36. The summed E-state index contributed by atoms with van der Waals surface area (Å²) in [5, 5.41) is 5.15. The molecule has 19 heavy (non-hydrogen) atoms. The van der Waals surface area contributed by atoms with Crippen molar-refractivity contribution in [2.24, 2.45) is 0 Å². The van der Waals surface area contributed by atoms with Crippen molar-refractivity contribution in [3.63, 3.8) is 0 Å². The van der Waals surface area contributed by atoms with Gasteiger partial charge in [0.15, 0.2) is 0 Å². The van der Waals surface area contributed by atoms with Crippen molar-refractivity contribution in [3.8, 4) is 0 Å². The molecule has 108 valence electrons. The zero-order chi connectivity index (χ0) is 13.7. The lowest BCUT2D eigenvalue weighted by Crippen LogP contribution is -2.42. The maximum absolute atomic E-state index is 4.97. The first-order valence-electron chi connectivity index (χ1n) is 7.93. The van der Waals surface area contributed by atoms with Gasteiger partial charge in [0.25, 0.3) is 0 Å². The van der Waals surface area contributed by atoms with Crippen LogP contribution in [0.5, 0.6) is 0 Å². The fourth-order valence-electron chi connectivity index (χ4n) is 3.27. The predicted octanol–water partition coefficient (Wildman–Crippen LogP) is 4.56. The van der Waals surface area contributed by atoms with Gasteiger partial charge in [0.1, 0.15) is 5.01 Å². The molecule has 1 fully saturated rings. The van der Waals surface area contributed by atoms with E-state index in [1.54, 1.807) is 0 Å². The summed E-state index contributed by atoms with van der Waals surface area (Å²) in [5.41, 5.74) is 1.47. The first-order chi connectivity index (χ1) is 9.22. The molecule has 0 aromatic carbocycles. The fraction of sp³-hybridized carbons (Fsp3) is 0.812. The number of thiazole rings is 1. The molecule has 0 aliphatic heterocycles. The number of rotatable bonds is 4. The van der Waals surface area contributed by atoms with E-state index in [1.165, 1.54) is 60.5 Å². The molecule has 0 saturated heterocycles. The number of hydrogen-bond donors (Lipinski definition) is 1. The van der Waals surface area contributed by atoms with Crippen LogP contribution in [0.25, 0.3) is 0 Å². The molecule has 0 atom stereocenters. The highest BCUT2D eigenvalue weighted by atomic mass is 32.1. The maximum Gasteiger partial charge on any atom is 0.113 e. The quantitative estimate of drug-likeness (QED) is 0.874. The van der Waals surface area contributed by atoms with E-state index < -0.39 is 0 Å². The van der Waals surface area contributed by atoms with Gasteiger partial charge in [0.2, 0.25) is 0 Å². The second kappa shape index (κ2) is 6.85. The maximum atomic E-state index is 4.97. The average Bonchev–Trinajstić information content (AvgIpc) is 2.75. The van der Waals surface area contributed by atoms with E-state index >= 15 is 0 Å². The highest BCUT2D eigenvalue weighted by Gasteiger charge is 2.34. The molecule has 1 aromatic rings. The van der Waals surface area contributed by atoms with Gasteiger partial charge < -0.3 is 5.32 Å². The summed E-state index contributed by atoms with van der Waals surface area (Å²) in [6, 6.07) is 0. The minimum Gasteiger partial charge on any atom is -0.306 e. The molecule has 1 heterocycles. The van der Waals surface area contributed by atoms with E-state index in [9.17, 15) is 0 Å². The Morgan fingerprint density at radius 1 is 1.11 bits per heavy atom. The van der Waals surface area contributed by atoms with Crippen LogP contribution in [0.1, 0.15) is 74.4 Å². The highest BCUT2D eigenvalue weighted by molar-refractivity contribution is 7.11. The van der Waals surface area contributed by atoms with Crippen molar-refractivity contribution < 1.29 is 0 Å². The number of nitrogens with one attached hydrogen (secondary N) is 1. The van der Waals surface area contributed by atoms with E-state index in [0.717, 1.165) is 13.0 Å². The van der Waals surface area contributed by atoms with Crippen molar-refractivity contribution in [2.75, 3.05) is 6.54 Å². The Morgan fingerprint density at radius 3 is 2.26 bits per heavy atom. The number of hydrogen-bond acceptors (Lipinski definition) is 3. The summed E-state index contributed by atoms with van der Waals surface area (Å²) in [6.07, 6.45) is 10.5. The normalized spacial score (nSPS) is 19.9. The second-order valence-corrected chi connectivity index (χ2v) is 6.96. The van der Waals surface area contributed by atoms with Crippen molar-refractivity contribution >= 4 is 11.3 Å². The number of nitrogens with zero attached hydrogens (tertiary/aromatic N) is 1. The Morgan fingerprint density at radius 2 is 1.74 bits per heavy atom. The van der Waals surface area contributed by atoms with E-state index in [0.29, 0.717) is 0 Å². The number of aryl methyl sites for hydroxylation is 2. The number of aromatic nitrogens is 1. The Balaban J connectivity index is 2.29. The molecule has 3 heteroatoms. The van der Waals surface area contributed by atoms with E-state index in [4.69, 9.17) is 4.98 Å². The second-order valence-electron chi connectivity index (χ2n) is 5.76. The van der Waals surface area contributed by atoms with Crippen LogP contribution in [0.2, 0.25) is 0 Å². The van der Waals surface area contributed by atoms with Crippen molar-refractivity contribution in [2.45, 2.75) is 77.7 Å². The van der Waals surface area contributed by atoms with Gasteiger partial charge in [-0.15, -0.1) is 11.3 Å². The van der Waals surface area contributed by atoms with Gasteiger partial charge in [0, 0.05) is 4.88 Å². The van der Waals surface area contributed by atoms with Crippen LogP contribution in [-0.4, -0.2) is 11.5 Å². The van der Waals surface area contributed by atoms with Gasteiger partial charge in [-0.1, -0.05) is 46.0 Å². The van der Waals surface area contributed by atoms with Crippen molar-refractivity contribution in [1.29, 1.82) is 0 Å². The van der Waals surface area contributed by atoms with Gasteiger partial charge in [-0.25, -0.2) is 4.98 Å². The Labute approximate surface area is 122 Å². The molecule has 0 amide bonds. The summed E-state index contributed by atoms with van der Waals surface area (Å²) in [7, 11) is 0. The highest BCUT2D eigenvalue weighted by Crippen LogP contribution is 2.38. The molecule has 0 radical (unpaired) electrons. The minimum absolute atomic E-state index is 0.165. The summed E-state index contributed by atoms with van der Waals surface area (Å²) in [6.45, 7) is 7.70. The van der Waals surface area contributed by atoms with Crippen molar-refractivity contribution in [3.05, 3.63) is 15.6 Å². The molecule has 1 N–H and O–H groups in total. The Kier molecular flexibility index (Phi) is 5.40. The van der Waals surface area contributed by atoms with Gasteiger partial charge in [-0.2, -0.15) is 0 Å². The Hall–Kier alpha value is -0.410. The van der Waals surface area contributed by atoms with Gasteiger partial charge in [-0.05, 0) is 32.7 Å². The minimum atomic E-state index is 0.165. The molecule has 0 spiro atoms. The molecular weight excluding hydrogens is 252 g/mol. The third kappa shape index (κ3) is 3.38. The van der Waals surface area contributed by atoms with Gasteiger partial charge in [0.05, 0.1) is 11.2 Å². The van der Waals surface area contributed by atoms with Gasteiger partial charge in [-0.3, -0.25) is 0 Å². The van der Waals surface area contributed by atoms with E-state index in [2.05, 4.69) is 26.1 Å². The summed E-state index contributed by atoms with van der Waals surface area (Å²) < 4.78 is 0. The predicted molar refractivity (Wildman–Crippen MR) is 83.9 cm³/mol. The molecule has 1 saturated carbocycles. The van der Waals surface area contributed by atoms with Gasteiger partial charge >= 0.3 is 0 Å². The lowest BCUT2D eigenvalue weighted by Gasteiger charge is -2.34. The lowest BCUT2D eigenvalue weighted by molar-refractivity contribution is 0.256. The van der Waals surface area contributed by atoms with Crippen LogP contribution in [0.15, 0.2) is 0 Å². The van der Waals surface area contributed by atoms with E-state index in [-0.39, 0.29) is 5.54 Å². The molecule has 1 aliphatic carbocycles. The van der Waals surface area contributed by atoms with Crippen LogP contribution < -0.4 is 5.32 Å². The zero-order valence-electron chi connectivity index (χ0n) is 12.7. The first kappa shape index (κ1) is 15.0. The third-order valence-corrected chi connectivity index (χ3v) is 5.58. The zero-order valence-corrected chi connectivity index (χ0v) is 13.5. The summed E-state index contributed by atoms with van der Waals surface area (Å²) >= 11 is 1.93. The fourth-order valence-corrected chi connectivity index (χ4v) is 4.50. The van der Waals surface area contributed by atoms with Crippen LogP contribution >= 0.6 is 11.3 Å². The van der Waals surface area contributed by atoms with Crippen LogP contribution in [-0.2, 0) is 12.0 Å². The van der Waals surface area contributed by atoms with Crippen LogP contribution in [0, 0.1) is 6.92 Å². The first-order valence-corrected chi connectivity index (χ1v) is 8.75. The standard InChI is InChI=1S/C16H28N2S/c1-4-14-13(3)19-15(18-14)16(17-5-2)11-9-7-6-8-10-12-16/h17H,4-12H2,1-3H3. The topological polar surface area (TPSA) is 24.9 Å². The Bertz CT molecular complexity index is 389. The average molecular weight is 280 g/mol. The molecule has 1 aliphatic rings. The molecular formula is C16H28N2S. The van der Waals surface area contributed by atoms with Crippen LogP contribution in [0.3, 0.4) is 0 Å². The molecule has 2 nitrogen and oxygen atoms in total. The van der Waals surface area contributed by atoms with E-state index in [1.807, 2.05) is 11.3 Å². The summed E-state index contributed by atoms with van der Waals surface area (Å²) in [5.74, 6) is 0. The lowest BCUT2D eigenvalue weighted by atomic mass is 9.84. The van der Waals surface area contributed by atoms with Crippen molar-refractivity contribution in [1.82, 2.24) is 10.3 Å². The molecule has 1 aromatic heterocycles. The molecule has 0 unspecified atom stereocenters. The smallest absolute Gasteiger partial charge is 0.113 e. The van der Waals surface area contributed by atoms with Crippen LogP contribution in [0.4, 0.5) is 0 Å². The monoisotopic (exact) mass is 280 g/mol.